The number of hydrogen-bond acceptors (Lipinski definition) is 2. The number of fused-ring (bicyclic) bond motifs is 1. The molecule has 0 aliphatic carbocycles. The van der Waals surface area contributed by atoms with Crippen molar-refractivity contribution in [2.75, 3.05) is 0 Å². The number of nitrogens with zero attached hydrogens (tertiary/aromatic N) is 1. The maximum atomic E-state index is 14.5. The van der Waals surface area contributed by atoms with E-state index in [1.54, 1.807) is 31.5 Å². The van der Waals surface area contributed by atoms with Gasteiger partial charge in [0.1, 0.15) is 11.5 Å². The van der Waals surface area contributed by atoms with Crippen LogP contribution in [0, 0.1) is 12.7 Å². The number of amides is 1. The second-order valence-corrected chi connectivity index (χ2v) is 6.80. The third kappa shape index (κ3) is 2.52. The van der Waals surface area contributed by atoms with Crippen molar-refractivity contribution in [1.29, 1.82) is 0 Å². The number of carbonyl (C=O) groups excluding carboxylic acids is 1. The van der Waals surface area contributed by atoms with E-state index in [4.69, 9.17) is 5.73 Å². The third-order valence-corrected chi connectivity index (χ3v) is 5.10. The molecule has 0 unspecified atom stereocenters. The summed E-state index contributed by atoms with van der Waals surface area (Å²) in [6.07, 6.45) is 3.45. The lowest BCUT2D eigenvalue weighted by Crippen LogP contribution is -2.12. The SMILES string of the molecule is Cc1ccc(-c2[nH]c(-c3ccnc4[nH]ccc34)c(Br)c2C(N)=O)c(F)c1. The Bertz CT molecular complexity index is 1160. The van der Waals surface area contributed by atoms with E-state index in [1.807, 2.05) is 12.1 Å². The number of halogens is 2. The Balaban J connectivity index is 2.02. The van der Waals surface area contributed by atoms with Gasteiger partial charge in [0.15, 0.2) is 0 Å². The molecule has 0 atom stereocenters. The fraction of sp³-hybridized carbons (Fsp3) is 0.0526. The van der Waals surface area contributed by atoms with Gasteiger partial charge in [0.2, 0.25) is 0 Å². The molecule has 0 spiro atoms. The molecule has 3 heterocycles. The van der Waals surface area contributed by atoms with Crippen LogP contribution >= 0.6 is 15.9 Å². The van der Waals surface area contributed by atoms with Crippen molar-refractivity contribution in [3.05, 3.63) is 64.1 Å². The second kappa shape index (κ2) is 6.10. The van der Waals surface area contributed by atoms with E-state index in [0.29, 0.717) is 21.5 Å². The summed E-state index contributed by atoms with van der Waals surface area (Å²) in [6.45, 7) is 1.80. The smallest absolute Gasteiger partial charge is 0.252 e. The van der Waals surface area contributed by atoms with Gasteiger partial charge in [0.25, 0.3) is 5.91 Å². The highest BCUT2D eigenvalue weighted by atomic mass is 79.9. The summed E-state index contributed by atoms with van der Waals surface area (Å²) in [4.78, 5) is 22.6. The monoisotopic (exact) mass is 412 g/mol. The molecule has 0 aliphatic rings. The predicted molar refractivity (Wildman–Crippen MR) is 102 cm³/mol. The fourth-order valence-corrected chi connectivity index (χ4v) is 3.80. The second-order valence-electron chi connectivity index (χ2n) is 6.01. The molecule has 1 aromatic carbocycles. The highest BCUT2D eigenvalue weighted by Crippen LogP contribution is 2.40. The Morgan fingerprint density at radius 3 is 2.73 bits per heavy atom. The Morgan fingerprint density at radius 1 is 1.19 bits per heavy atom. The van der Waals surface area contributed by atoms with Crippen LogP contribution in [0.3, 0.4) is 0 Å². The largest absolute Gasteiger partial charge is 0.365 e. The number of aromatic amines is 2. The van der Waals surface area contributed by atoms with Crippen LogP contribution in [0.25, 0.3) is 33.5 Å². The zero-order valence-corrected chi connectivity index (χ0v) is 15.3. The summed E-state index contributed by atoms with van der Waals surface area (Å²) in [5.41, 5.74) is 9.40. The molecule has 0 radical (unpaired) electrons. The van der Waals surface area contributed by atoms with Crippen LogP contribution in [0.1, 0.15) is 15.9 Å². The van der Waals surface area contributed by atoms with Gasteiger partial charge in [-0.2, -0.15) is 0 Å². The third-order valence-electron chi connectivity index (χ3n) is 4.31. The summed E-state index contributed by atoms with van der Waals surface area (Å²) in [6, 6.07) is 8.56. The lowest BCUT2D eigenvalue weighted by atomic mass is 10.0. The van der Waals surface area contributed by atoms with Crippen molar-refractivity contribution in [3.63, 3.8) is 0 Å². The van der Waals surface area contributed by atoms with Gasteiger partial charge in [-0.3, -0.25) is 4.79 Å². The van der Waals surface area contributed by atoms with Gasteiger partial charge in [0.05, 0.1) is 21.4 Å². The minimum atomic E-state index is -0.645. The minimum absolute atomic E-state index is 0.211. The van der Waals surface area contributed by atoms with Gasteiger partial charge in [-0.25, -0.2) is 9.37 Å². The zero-order chi connectivity index (χ0) is 18.4. The predicted octanol–water partition coefficient (Wildman–Crippen LogP) is 4.53. The van der Waals surface area contributed by atoms with Crippen molar-refractivity contribution in [2.24, 2.45) is 5.73 Å². The summed E-state index contributed by atoms with van der Waals surface area (Å²) in [7, 11) is 0. The Hall–Kier alpha value is -2.93. The van der Waals surface area contributed by atoms with Crippen molar-refractivity contribution in [2.45, 2.75) is 6.92 Å². The molecule has 4 aromatic rings. The lowest BCUT2D eigenvalue weighted by Gasteiger charge is -2.04. The van der Waals surface area contributed by atoms with Crippen LogP contribution in [0.5, 0.6) is 0 Å². The van der Waals surface area contributed by atoms with E-state index in [0.717, 1.165) is 16.5 Å². The van der Waals surface area contributed by atoms with Crippen LogP contribution in [0.4, 0.5) is 4.39 Å². The van der Waals surface area contributed by atoms with Crippen LogP contribution in [-0.2, 0) is 0 Å². The number of aromatic nitrogens is 3. The maximum Gasteiger partial charge on any atom is 0.252 e. The van der Waals surface area contributed by atoms with Gasteiger partial charge in [-0.15, -0.1) is 0 Å². The average molecular weight is 413 g/mol. The summed E-state index contributed by atoms with van der Waals surface area (Å²) >= 11 is 3.46. The van der Waals surface area contributed by atoms with Gasteiger partial charge >= 0.3 is 0 Å². The molecule has 0 saturated carbocycles. The molecule has 0 saturated heterocycles. The molecular formula is C19H14BrFN4O. The number of benzene rings is 1. The molecule has 0 bridgehead atoms. The van der Waals surface area contributed by atoms with Crippen LogP contribution in [0.15, 0.2) is 47.2 Å². The van der Waals surface area contributed by atoms with Gasteiger partial charge < -0.3 is 15.7 Å². The molecule has 5 nitrogen and oxygen atoms in total. The van der Waals surface area contributed by atoms with Crippen LogP contribution < -0.4 is 5.73 Å². The molecule has 7 heteroatoms. The van der Waals surface area contributed by atoms with Crippen molar-refractivity contribution in [1.82, 2.24) is 15.0 Å². The number of aryl methyl sites for hydroxylation is 1. The van der Waals surface area contributed by atoms with Crippen LogP contribution in [-0.4, -0.2) is 20.9 Å². The molecular weight excluding hydrogens is 399 g/mol. The molecule has 26 heavy (non-hydrogen) atoms. The standard InChI is InChI=1S/C19H14BrFN4O/c1-9-2-3-12(13(21)8-9)16-14(18(22)26)15(20)17(25-16)10-4-6-23-19-11(10)5-7-24-19/h2-8,25H,1H3,(H2,22,26)(H,23,24). The fourth-order valence-electron chi connectivity index (χ4n) is 3.10. The Morgan fingerprint density at radius 2 is 2.00 bits per heavy atom. The quantitative estimate of drug-likeness (QED) is 0.461. The molecule has 3 aromatic heterocycles. The normalized spacial score (nSPS) is 11.2. The molecule has 0 fully saturated rings. The first-order chi connectivity index (χ1) is 12.5. The number of carbonyl (C=O) groups is 1. The van der Waals surface area contributed by atoms with Gasteiger partial charge in [-0.1, -0.05) is 6.07 Å². The van der Waals surface area contributed by atoms with E-state index in [2.05, 4.69) is 30.9 Å². The topological polar surface area (TPSA) is 87.6 Å². The number of pyridine rings is 1. The van der Waals surface area contributed by atoms with Gasteiger partial charge in [-0.05, 0) is 52.7 Å². The summed E-state index contributed by atoms with van der Waals surface area (Å²) in [5.74, 6) is -1.07. The van der Waals surface area contributed by atoms with E-state index >= 15 is 0 Å². The summed E-state index contributed by atoms with van der Waals surface area (Å²) in [5, 5.41) is 0.876. The van der Waals surface area contributed by atoms with E-state index in [-0.39, 0.29) is 11.1 Å². The molecule has 0 aliphatic heterocycles. The number of rotatable bonds is 3. The highest BCUT2D eigenvalue weighted by molar-refractivity contribution is 9.10. The summed E-state index contributed by atoms with van der Waals surface area (Å²) < 4.78 is 15.0. The number of nitrogens with two attached hydrogens (primary N) is 1. The number of H-pyrrole nitrogens is 2. The zero-order valence-electron chi connectivity index (χ0n) is 13.7. The molecule has 4 rings (SSSR count). The van der Waals surface area contributed by atoms with Crippen molar-refractivity contribution in [3.8, 4) is 22.5 Å². The lowest BCUT2D eigenvalue weighted by molar-refractivity contribution is 0.100. The number of nitrogens with one attached hydrogen (secondary N) is 2. The number of primary amides is 1. The molecule has 4 N–H and O–H groups in total. The van der Waals surface area contributed by atoms with Gasteiger partial charge in [0, 0.05) is 28.9 Å². The van der Waals surface area contributed by atoms with E-state index in [9.17, 15) is 9.18 Å². The van der Waals surface area contributed by atoms with E-state index in [1.165, 1.54) is 6.07 Å². The van der Waals surface area contributed by atoms with Crippen LogP contribution in [0.2, 0.25) is 0 Å². The highest BCUT2D eigenvalue weighted by Gasteiger charge is 2.24. The first kappa shape index (κ1) is 16.5. The first-order valence-corrected chi connectivity index (χ1v) is 8.67. The Labute approximate surface area is 156 Å². The van der Waals surface area contributed by atoms with E-state index < -0.39 is 11.7 Å². The number of hydrogen-bond donors (Lipinski definition) is 3. The molecule has 1 amide bonds. The van der Waals surface area contributed by atoms with Crippen molar-refractivity contribution < 1.29 is 9.18 Å². The van der Waals surface area contributed by atoms with Crippen molar-refractivity contribution >= 4 is 32.9 Å². The average Bonchev–Trinajstić information content (AvgIpc) is 3.19. The minimum Gasteiger partial charge on any atom is -0.365 e. The Kier molecular flexibility index (Phi) is 3.88. The first-order valence-electron chi connectivity index (χ1n) is 7.87. The maximum absolute atomic E-state index is 14.5. The molecule has 130 valence electrons.